The van der Waals surface area contributed by atoms with E-state index in [-0.39, 0.29) is 12.4 Å². The SMILES string of the molecule is C#CCN(C(=O)Oc1cccc(NC)n1)C(C)(C)C. The van der Waals surface area contributed by atoms with E-state index in [1.54, 1.807) is 25.2 Å². The highest BCUT2D eigenvalue weighted by molar-refractivity contribution is 5.71. The molecule has 0 saturated heterocycles. The van der Waals surface area contributed by atoms with Crippen molar-refractivity contribution in [1.29, 1.82) is 0 Å². The van der Waals surface area contributed by atoms with Crippen LogP contribution in [0, 0.1) is 12.3 Å². The summed E-state index contributed by atoms with van der Waals surface area (Å²) < 4.78 is 5.24. The molecule has 0 aromatic carbocycles. The predicted octanol–water partition coefficient (Wildman–Crippen LogP) is 2.36. The Labute approximate surface area is 114 Å². The molecule has 0 bridgehead atoms. The Bertz CT molecular complexity index is 486. The first kappa shape index (κ1) is 14.8. The van der Waals surface area contributed by atoms with Crippen molar-refractivity contribution in [3.8, 4) is 18.2 Å². The first-order valence-corrected chi connectivity index (χ1v) is 5.96. The number of ether oxygens (including phenoxy) is 1. The van der Waals surface area contributed by atoms with E-state index in [9.17, 15) is 4.79 Å². The Morgan fingerprint density at radius 3 is 2.74 bits per heavy atom. The number of pyridine rings is 1. The highest BCUT2D eigenvalue weighted by atomic mass is 16.6. The molecule has 1 rings (SSSR count). The number of carbonyl (C=O) groups is 1. The molecule has 102 valence electrons. The van der Waals surface area contributed by atoms with Crippen LogP contribution in [0.2, 0.25) is 0 Å². The number of carbonyl (C=O) groups excluding carboxylic acids is 1. The molecule has 1 N–H and O–H groups in total. The first-order chi connectivity index (χ1) is 8.88. The lowest BCUT2D eigenvalue weighted by molar-refractivity contribution is 0.115. The Morgan fingerprint density at radius 1 is 1.53 bits per heavy atom. The van der Waals surface area contributed by atoms with Gasteiger partial charge in [-0.25, -0.2) is 4.79 Å². The topological polar surface area (TPSA) is 54.5 Å². The fourth-order valence-corrected chi connectivity index (χ4v) is 1.42. The van der Waals surface area contributed by atoms with E-state index >= 15 is 0 Å². The third kappa shape index (κ3) is 4.18. The van der Waals surface area contributed by atoms with Gasteiger partial charge in [0, 0.05) is 18.7 Å². The Balaban J connectivity index is 2.85. The van der Waals surface area contributed by atoms with Gasteiger partial charge in [0.05, 0.1) is 6.54 Å². The summed E-state index contributed by atoms with van der Waals surface area (Å²) in [5.41, 5.74) is -0.413. The largest absolute Gasteiger partial charge is 0.417 e. The summed E-state index contributed by atoms with van der Waals surface area (Å²) in [5, 5.41) is 2.88. The van der Waals surface area contributed by atoms with Crippen molar-refractivity contribution in [1.82, 2.24) is 9.88 Å². The van der Waals surface area contributed by atoms with Crippen molar-refractivity contribution in [2.45, 2.75) is 26.3 Å². The molecule has 1 aromatic rings. The second-order valence-corrected chi connectivity index (χ2v) is 4.94. The van der Waals surface area contributed by atoms with Gasteiger partial charge in [-0.1, -0.05) is 12.0 Å². The molecule has 0 unspecified atom stereocenters. The molecule has 1 amide bonds. The van der Waals surface area contributed by atoms with Crippen LogP contribution in [-0.4, -0.2) is 35.1 Å². The summed E-state index contributed by atoms with van der Waals surface area (Å²) in [6, 6.07) is 5.15. The molecule has 0 aliphatic carbocycles. The van der Waals surface area contributed by atoms with E-state index in [1.807, 2.05) is 20.8 Å². The van der Waals surface area contributed by atoms with Gasteiger partial charge in [-0.15, -0.1) is 6.42 Å². The van der Waals surface area contributed by atoms with Crippen LogP contribution in [0.3, 0.4) is 0 Å². The predicted molar refractivity (Wildman–Crippen MR) is 75.1 cm³/mol. The summed E-state index contributed by atoms with van der Waals surface area (Å²) in [4.78, 5) is 17.7. The second-order valence-electron chi connectivity index (χ2n) is 4.94. The van der Waals surface area contributed by atoms with Crippen molar-refractivity contribution >= 4 is 11.9 Å². The average molecular weight is 261 g/mol. The summed E-state index contributed by atoms with van der Waals surface area (Å²) in [7, 11) is 1.74. The highest BCUT2D eigenvalue weighted by Crippen LogP contribution is 2.17. The average Bonchev–Trinajstić information content (AvgIpc) is 2.34. The Morgan fingerprint density at radius 2 is 2.21 bits per heavy atom. The van der Waals surface area contributed by atoms with Gasteiger partial charge in [0.15, 0.2) is 0 Å². The number of amides is 1. The Kier molecular flexibility index (Phi) is 4.76. The quantitative estimate of drug-likeness (QED) is 0.849. The Hall–Kier alpha value is -2.22. The standard InChI is InChI=1S/C14H19N3O2/c1-6-10-17(14(2,3)4)13(18)19-12-9-7-8-11(15-5)16-12/h1,7-9H,10H2,2-5H3,(H,15,16). The molecule has 0 fully saturated rings. The number of anilines is 1. The second kappa shape index (κ2) is 6.10. The lowest BCUT2D eigenvalue weighted by Crippen LogP contribution is -2.47. The molecule has 0 aliphatic rings. The third-order valence-corrected chi connectivity index (χ3v) is 2.45. The van der Waals surface area contributed by atoms with Gasteiger partial charge >= 0.3 is 6.09 Å². The van der Waals surface area contributed by atoms with Crippen LogP contribution in [0.4, 0.5) is 10.6 Å². The van der Waals surface area contributed by atoms with E-state index < -0.39 is 11.6 Å². The fourth-order valence-electron chi connectivity index (χ4n) is 1.42. The molecule has 0 aliphatic heterocycles. The monoisotopic (exact) mass is 261 g/mol. The molecule has 5 heteroatoms. The zero-order valence-electron chi connectivity index (χ0n) is 11.7. The number of rotatable bonds is 3. The number of nitrogens with zero attached hydrogens (tertiary/aromatic N) is 2. The van der Waals surface area contributed by atoms with Gasteiger partial charge in [0.2, 0.25) is 5.88 Å². The van der Waals surface area contributed by atoms with Crippen LogP contribution >= 0.6 is 0 Å². The van der Waals surface area contributed by atoms with Crippen molar-refractivity contribution in [3.63, 3.8) is 0 Å². The molecular formula is C14H19N3O2. The minimum atomic E-state index is -0.508. The minimum absolute atomic E-state index is 0.189. The van der Waals surface area contributed by atoms with Crippen molar-refractivity contribution in [2.75, 3.05) is 18.9 Å². The van der Waals surface area contributed by atoms with E-state index in [4.69, 9.17) is 11.2 Å². The molecule has 0 spiro atoms. The molecule has 0 radical (unpaired) electrons. The zero-order chi connectivity index (χ0) is 14.5. The van der Waals surface area contributed by atoms with E-state index in [2.05, 4.69) is 16.2 Å². The van der Waals surface area contributed by atoms with E-state index in [1.165, 1.54) is 4.90 Å². The summed E-state index contributed by atoms with van der Waals surface area (Å²) in [6.45, 7) is 5.86. The minimum Gasteiger partial charge on any atom is -0.391 e. The van der Waals surface area contributed by atoms with Gasteiger partial charge in [-0.05, 0) is 26.8 Å². The van der Waals surface area contributed by atoms with Crippen LogP contribution in [0.15, 0.2) is 18.2 Å². The lowest BCUT2D eigenvalue weighted by Gasteiger charge is -2.32. The summed E-state index contributed by atoms with van der Waals surface area (Å²) >= 11 is 0. The maximum atomic E-state index is 12.1. The molecule has 0 saturated carbocycles. The van der Waals surface area contributed by atoms with E-state index in [0.717, 1.165) is 0 Å². The van der Waals surface area contributed by atoms with E-state index in [0.29, 0.717) is 5.82 Å². The number of aromatic nitrogens is 1. The van der Waals surface area contributed by atoms with Crippen molar-refractivity contribution in [2.24, 2.45) is 0 Å². The molecule has 1 heterocycles. The summed E-state index contributed by atoms with van der Waals surface area (Å²) in [6.07, 6.45) is 4.77. The van der Waals surface area contributed by atoms with Gasteiger partial charge in [-0.3, -0.25) is 4.90 Å². The van der Waals surface area contributed by atoms with Gasteiger partial charge in [0.25, 0.3) is 0 Å². The van der Waals surface area contributed by atoms with Crippen molar-refractivity contribution < 1.29 is 9.53 Å². The number of hydrogen-bond donors (Lipinski definition) is 1. The first-order valence-electron chi connectivity index (χ1n) is 5.96. The van der Waals surface area contributed by atoms with Gasteiger partial charge in [-0.2, -0.15) is 4.98 Å². The van der Waals surface area contributed by atoms with Crippen LogP contribution < -0.4 is 10.1 Å². The molecule has 0 atom stereocenters. The highest BCUT2D eigenvalue weighted by Gasteiger charge is 2.27. The summed E-state index contributed by atoms with van der Waals surface area (Å²) in [5.74, 6) is 3.32. The number of terminal acetylenes is 1. The number of hydrogen-bond acceptors (Lipinski definition) is 4. The lowest BCUT2D eigenvalue weighted by atomic mass is 10.1. The van der Waals surface area contributed by atoms with Crippen LogP contribution in [-0.2, 0) is 0 Å². The van der Waals surface area contributed by atoms with Crippen LogP contribution in [0.1, 0.15) is 20.8 Å². The normalized spacial score (nSPS) is 10.5. The third-order valence-electron chi connectivity index (χ3n) is 2.45. The smallest absolute Gasteiger partial charge is 0.391 e. The van der Waals surface area contributed by atoms with Gasteiger partial charge < -0.3 is 10.1 Å². The van der Waals surface area contributed by atoms with Crippen molar-refractivity contribution in [3.05, 3.63) is 18.2 Å². The van der Waals surface area contributed by atoms with Crippen LogP contribution in [0.25, 0.3) is 0 Å². The van der Waals surface area contributed by atoms with Gasteiger partial charge in [0.1, 0.15) is 5.82 Å². The number of nitrogens with one attached hydrogen (secondary N) is 1. The molecular weight excluding hydrogens is 242 g/mol. The molecule has 1 aromatic heterocycles. The maximum absolute atomic E-state index is 12.1. The molecule has 19 heavy (non-hydrogen) atoms. The maximum Gasteiger partial charge on any atom is 0.417 e. The molecule has 5 nitrogen and oxygen atoms in total. The van der Waals surface area contributed by atoms with Crippen LogP contribution in [0.5, 0.6) is 5.88 Å². The zero-order valence-corrected chi connectivity index (χ0v) is 11.7. The fraction of sp³-hybridized carbons (Fsp3) is 0.429.